The predicted octanol–water partition coefficient (Wildman–Crippen LogP) is -1.40. The fourth-order valence-electron chi connectivity index (χ4n) is 0.966. The van der Waals surface area contributed by atoms with E-state index in [9.17, 15) is 4.79 Å². The van der Waals surface area contributed by atoms with Gasteiger partial charge in [0.2, 0.25) is 5.91 Å². The van der Waals surface area contributed by atoms with E-state index in [1.54, 1.807) is 0 Å². The third-order valence-electron chi connectivity index (χ3n) is 1.76. The Bertz CT molecular complexity index is 157. The number of rotatable bonds is 4. The molecule has 0 bridgehead atoms. The molecule has 70 valence electrons. The topological polar surface area (TPSA) is 87.6 Å². The van der Waals surface area contributed by atoms with E-state index in [0.29, 0.717) is 6.61 Å². The molecule has 5 nitrogen and oxygen atoms in total. The highest BCUT2D eigenvalue weighted by Gasteiger charge is 2.18. The number of hydrogen-bond donors (Lipinski definition) is 2. The lowest BCUT2D eigenvalue weighted by Gasteiger charge is -2.12. The number of carbonyl (C=O) groups excluding carboxylic acids is 1. The second-order valence-corrected chi connectivity index (χ2v) is 2.83. The Morgan fingerprint density at radius 2 is 2.50 bits per heavy atom. The van der Waals surface area contributed by atoms with Crippen LogP contribution in [-0.2, 0) is 14.3 Å². The molecule has 0 aromatic heterocycles. The second kappa shape index (κ2) is 4.39. The Hall–Kier alpha value is -0.650. The van der Waals surface area contributed by atoms with E-state index >= 15 is 0 Å². The summed E-state index contributed by atoms with van der Waals surface area (Å²) in [7, 11) is 0. The van der Waals surface area contributed by atoms with Gasteiger partial charge in [-0.1, -0.05) is 0 Å². The van der Waals surface area contributed by atoms with E-state index in [2.05, 4.69) is 0 Å². The third-order valence-corrected chi connectivity index (χ3v) is 1.76. The van der Waals surface area contributed by atoms with Gasteiger partial charge in [0.05, 0.1) is 19.3 Å². The molecule has 1 heterocycles. The minimum absolute atomic E-state index is 0.0791. The summed E-state index contributed by atoms with van der Waals surface area (Å²) in [6, 6.07) is -0.703. The van der Waals surface area contributed by atoms with Gasteiger partial charge in [0, 0.05) is 6.61 Å². The fraction of sp³-hybridized carbons (Fsp3) is 0.857. The number of ether oxygens (including phenoxy) is 2. The van der Waals surface area contributed by atoms with Crippen molar-refractivity contribution in [1.82, 2.24) is 0 Å². The maximum absolute atomic E-state index is 10.5. The Kier molecular flexibility index (Phi) is 3.46. The van der Waals surface area contributed by atoms with Crippen LogP contribution in [0.25, 0.3) is 0 Å². The summed E-state index contributed by atoms with van der Waals surface area (Å²) >= 11 is 0. The summed E-state index contributed by atoms with van der Waals surface area (Å²) in [6.07, 6.45) is 0.946. The average molecular weight is 174 g/mol. The van der Waals surface area contributed by atoms with E-state index in [4.69, 9.17) is 20.9 Å². The zero-order chi connectivity index (χ0) is 8.97. The molecule has 0 radical (unpaired) electrons. The second-order valence-electron chi connectivity index (χ2n) is 2.83. The van der Waals surface area contributed by atoms with Crippen LogP contribution >= 0.6 is 0 Å². The van der Waals surface area contributed by atoms with Gasteiger partial charge in [-0.2, -0.15) is 0 Å². The molecule has 1 amide bonds. The lowest BCUT2D eigenvalue weighted by Crippen LogP contribution is -2.41. The van der Waals surface area contributed by atoms with Gasteiger partial charge in [-0.05, 0) is 6.42 Å². The zero-order valence-corrected chi connectivity index (χ0v) is 6.86. The summed E-state index contributed by atoms with van der Waals surface area (Å²) in [5.74, 6) is -0.533. The Morgan fingerprint density at radius 3 is 3.00 bits per heavy atom. The third kappa shape index (κ3) is 2.77. The van der Waals surface area contributed by atoms with E-state index in [1.807, 2.05) is 0 Å². The first-order valence-corrected chi connectivity index (χ1v) is 3.94. The molecule has 0 aromatic rings. The zero-order valence-electron chi connectivity index (χ0n) is 6.86. The van der Waals surface area contributed by atoms with Gasteiger partial charge in [0.1, 0.15) is 6.04 Å². The molecule has 12 heavy (non-hydrogen) atoms. The number of hydrogen-bond acceptors (Lipinski definition) is 4. The van der Waals surface area contributed by atoms with Gasteiger partial charge < -0.3 is 20.9 Å². The van der Waals surface area contributed by atoms with Crippen LogP contribution in [0.4, 0.5) is 0 Å². The Labute approximate surface area is 71.0 Å². The van der Waals surface area contributed by atoms with E-state index < -0.39 is 11.9 Å². The molecule has 1 rings (SSSR count). The highest BCUT2D eigenvalue weighted by molar-refractivity contribution is 5.79. The summed E-state index contributed by atoms with van der Waals surface area (Å²) < 4.78 is 10.3. The molecule has 2 atom stereocenters. The van der Waals surface area contributed by atoms with Crippen molar-refractivity contribution in [2.24, 2.45) is 11.5 Å². The van der Waals surface area contributed by atoms with Crippen molar-refractivity contribution in [3.63, 3.8) is 0 Å². The van der Waals surface area contributed by atoms with Gasteiger partial charge in [0.25, 0.3) is 0 Å². The van der Waals surface area contributed by atoms with Gasteiger partial charge in [-0.25, -0.2) is 0 Å². The SMILES string of the molecule is NC(=O)C(N)COC1CCOC1. The van der Waals surface area contributed by atoms with Gasteiger partial charge in [0.15, 0.2) is 0 Å². The van der Waals surface area contributed by atoms with Crippen LogP contribution in [0.3, 0.4) is 0 Å². The summed E-state index contributed by atoms with van der Waals surface area (Å²) in [5, 5.41) is 0. The maximum Gasteiger partial charge on any atom is 0.236 e. The molecule has 2 unspecified atom stereocenters. The van der Waals surface area contributed by atoms with Crippen molar-refractivity contribution in [3.8, 4) is 0 Å². The van der Waals surface area contributed by atoms with Crippen LogP contribution < -0.4 is 11.5 Å². The van der Waals surface area contributed by atoms with Gasteiger partial charge >= 0.3 is 0 Å². The van der Waals surface area contributed by atoms with Gasteiger partial charge in [-0.3, -0.25) is 4.79 Å². The average Bonchev–Trinajstić information content (AvgIpc) is 2.51. The van der Waals surface area contributed by atoms with Gasteiger partial charge in [-0.15, -0.1) is 0 Å². The van der Waals surface area contributed by atoms with Crippen molar-refractivity contribution in [1.29, 1.82) is 0 Å². The van der Waals surface area contributed by atoms with Crippen molar-refractivity contribution in [2.45, 2.75) is 18.6 Å². The summed E-state index contributed by atoms with van der Waals surface area (Å²) in [5.41, 5.74) is 10.3. The highest BCUT2D eigenvalue weighted by atomic mass is 16.5. The highest BCUT2D eigenvalue weighted by Crippen LogP contribution is 2.07. The maximum atomic E-state index is 10.5. The molecule has 5 heteroatoms. The quantitative estimate of drug-likeness (QED) is 0.549. The van der Waals surface area contributed by atoms with Crippen LogP contribution in [0.15, 0.2) is 0 Å². The standard InChI is InChI=1S/C7H14N2O3/c8-6(7(9)10)4-12-5-1-2-11-3-5/h5-6H,1-4,8H2,(H2,9,10). The van der Waals surface area contributed by atoms with Crippen molar-refractivity contribution < 1.29 is 14.3 Å². The van der Waals surface area contributed by atoms with E-state index in [-0.39, 0.29) is 12.7 Å². The Morgan fingerprint density at radius 1 is 1.75 bits per heavy atom. The summed E-state index contributed by atoms with van der Waals surface area (Å²) in [4.78, 5) is 10.5. The van der Waals surface area contributed by atoms with E-state index in [1.165, 1.54) is 0 Å². The molecule has 0 aromatic carbocycles. The molecule has 4 N–H and O–H groups in total. The van der Waals surface area contributed by atoms with Crippen LogP contribution in [0, 0.1) is 0 Å². The number of primary amides is 1. The lowest BCUT2D eigenvalue weighted by atomic mass is 10.3. The van der Waals surface area contributed by atoms with Crippen LogP contribution in [-0.4, -0.2) is 37.9 Å². The number of nitrogens with two attached hydrogens (primary N) is 2. The number of carbonyl (C=O) groups is 1. The molecular weight excluding hydrogens is 160 g/mol. The molecule has 0 saturated carbocycles. The predicted molar refractivity (Wildman–Crippen MR) is 42.3 cm³/mol. The minimum atomic E-state index is -0.703. The monoisotopic (exact) mass is 174 g/mol. The van der Waals surface area contributed by atoms with E-state index in [0.717, 1.165) is 13.0 Å². The molecule has 0 spiro atoms. The molecule has 1 aliphatic heterocycles. The van der Waals surface area contributed by atoms with Crippen molar-refractivity contribution >= 4 is 5.91 Å². The van der Waals surface area contributed by atoms with Crippen LogP contribution in [0.2, 0.25) is 0 Å². The molecular formula is C7H14N2O3. The smallest absolute Gasteiger partial charge is 0.236 e. The summed E-state index contributed by atoms with van der Waals surface area (Å²) in [6.45, 7) is 1.49. The molecule has 1 fully saturated rings. The normalized spacial score (nSPS) is 25.6. The largest absolute Gasteiger partial charge is 0.379 e. The molecule has 1 aliphatic rings. The molecule has 0 aliphatic carbocycles. The minimum Gasteiger partial charge on any atom is -0.379 e. The van der Waals surface area contributed by atoms with Crippen molar-refractivity contribution in [3.05, 3.63) is 0 Å². The van der Waals surface area contributed by atoms with Crippen molar-refractivity contribution in [2.75, 3.05) is 19.8 Å². The molecule has 1 saturated heterocycles. The van der Waals surface area contributed by atoms with Crippen LogP contribution in [0.5, 0.6) is 0 Å². The Balaban J connectivity index is 2.11. The lowest BCUT2D eigenvalue weighted by molar-refractivity contribution is -0.121. The first kappa shape index (κ1) is 9.44. The fourth-order valence-corrected chi connectivity index (χ4v) is 0.966. The first-order chi connectivity index (χ1) is 5.70. The van der Waals surface area contributed by atoms with Crippen LogP contribution in [0.1, 0.15) is 6.42 Å². The first-order valence-electron chi connectivity index (χ1n) is 3.94. The number of amides is 1.